The summed E-state index contributed by atoms with van der Waals surface area (Å²) in [6.07, 6.45) is 9.85. The fourth-order valence-corrected chi connectivity index (χ4v) is 6.13. The van der Waals surface area contributed by atoms with Crippen molar-refractivity contribution >= 4 is 58.3 Å². The van der Waals surface area contributed by atoms with E-state index in [1.807, 2.05) is 85.0 Å². The first kappa shape index (κ1) is 34.0. The number of fused-ring (bicyclic) bond motifs is 8. The van der Waals surface area contributed by atoms with Gasteiger partial charge in [0.05, 0.1) is 50.2 Å². The largest absolute Gasteiger partial charge is 0.494 e. The van der Waals surface area contributed by atoms with Gasteiger partial charge in [-0.1, -0.05) is 24.3 Å². The van der Waals surface area contributed by atoms with E-state index in [2.05, 4.69) is 34.2 Å². The molecule has 2 N–H and O–H groups in total. The fraction of sp³-hybridized carbons (Fsp3) is 0.190. The Morgan fingerprint density at radius 3 is 1.44 bits per heavy atom. The molecule has 5 heterocycles. The van der Waals surface area contributed by atoms with Crippen molar-refractivity contribution in [3.63, 3.8) is 0 Å². The zero-order valence-electron chi connectivity index (χ0n) is 29.0. The van der Waals surface area contributed by atoms with Gasteiger partial charge in [0, 0.05) is 46.0 Å². The van der Waals surface area contributed by atoms with Crippen molar-refractivity contribution < 1.29 is 28.5 Å². The first-order valence-corrected chi connectivity index (χ1v) is 17.2. The number of H-pyrrole nitrogens is 2. The smallest absolute Gasteiger partial charge is 0.305 e. The maximum Gasteiger partial charge on any atom is 0.305 e. The number of nitrogens with zero attached hydrogens (tertiary/aromatic N) is 2. The normalized spacial score (nSPS) is 11.7. The summed E-state index contributed by atoms with van der Waals surface area (Å²) in [5.41, 5.74) is 10.8. The van der Waals surface area contributed by atoms with Gasteiger partial charge < -0.3 is 28.9 Å². The van der Waals surface area contributed by atoms with E-state index in [1.54, 1.807) is 0 Å². The molecule has 8 bridgehead atoms. The van der Waals surface area contributed by atoms with Crippen LogP contribution in [0.3, 0.4) is 0 Å². The number of aromatic amines is 2. The van der Waals surface area contributed by atoms with Gasteiger partial charge in [0.2, 0.25) is 0 Å². The third-order valence-electron chi connectivity index (χ3n) is 8.73. The predicted octanol–water partition coefficient (Wildman–Crippen LogP) is 8.65. The summed E-state index contributed by atoms with van der Waals surface area (Å²) >= 11 is 0. The third-order valence-corrected chi connectivity index (χ3v) is 8.73. The molecule has 0 radical (unpaired) electrons. The van der Waals surface area contributed by atoms with Crippen LogP contribution in [0.1, 0.15) is 48.5 Å². The van der Waals surface area contributed by atoms with Crippen molar-refractivity contribution in [3.05, 3.63) is 108 Å². The molecule has 0 aliphatic carbocycles. The van der Waals surface area contributed by atoms with E-state index in [1.165, 1.54) is 14.2 Å². The van der Waals surface area contributed by atoms with Crippen LogP contribution in [0.15, 0.2) is 84.9 Å². The quantitative estimate of drug-likeness (QED) is 0.0961. The molecule has 262 valence electrons. The van der Waals surface area contributed by atoms with Crippen LogP contribution in [0, 0.1) is 0 Å². The number of esters is 2. The molecule has 2 aromatic carbocycles. The zero-order valence-corrected chi connectivity index (χ0v) is 29.0. The number of ether oxygens (including phenoxy) is 4. The van der Waals surface area contributed by atoms with Crippen molar-refractivity contribution in [2.75, 3.05) is 27.4 Å². The molecule has 0 amide bonds. The minimum atomic E-state index is -0.246. The van der Waals surface area contributed by atoms with E-state index in [-0.39, 0.29) is 11.9 Å². The Kier molecular flexibility index (Phi) is 10.2. The average molecular weight is 695 g/mol. The molecule has 7 rings (SSSR count). The maximum atomic E-state index is 11.4. The lowest BCUT2D eigenvalue weighted by atomic mass is 10.0. The van der Waals surface area contributed by atoms with Crippen molar-refractivity contribution in [2.45, 2.75) is 25.7 Å². The van der Waals surface area contributed by atoms with Crippen LogP contribution in [-0.2, 0) is 19.1 Å². The monoisotopic (exact) mass is 694 g/mol. The molecule has 10 nitrogen and oxygen atoms in total. The highest BCUT2D eigenvalue weighted by atomic mass is 16.5. The minimum absolute atomic E-state index is 0.243. The molecule has 0 saturated carbocycles. The summed E-state index contributed by atoms with van der Waals surface area (Å²) in [6.45, 7) is 0.841. The van der Waals surface area contributed by atoms with Crippen LogP contribution < -0.4 is 9.47 Å². The van der Waals surface area contributed by atoms with Crippen LogP contribution in [0.4, 0.5) is 0 Å². The summed E-state index contributed by atoms with van der Waals surface area (Å²) in [7, 11) is 2.78. The molecular formula is C42H38N4O6. The van der Waals surface area contributed by atoms with E-state index in [9.17, 15) is 9.59 Å². The van der Waals surface area contributed by atoms with Gasteiger partial charge >= 0.3 is 11.9 Å². The van der Waals surface area contributed by atoms with Crippen molar-refractivity contribution in [1.82, 2.24) is 19.9 Å². The maximum absolute atomic E-state index is 11.4. The molecule has 52 heavy (non-hydrogen) atoms. The van der Waals surface area contributed by atoms with Crippen LogP contribution in [-0.4, -0.2) is 59.3 Å². The lowest BCUT2D eigenvalue weighted by molar-refractivity contribution is -0.141. The second-order valence-corrected chi connectivity index (χ2v) is 12.3. The molecule has 0 atom stereocenters. The van der Waals surface area contributed by atoms with Crippen molar-refractivity contribution in [3.8, 4) is 33.8 Å². The van der Waals surface area contributed by atoms with E-state index < -0.39 is 0 Å². The third kappa shape index (κ3) is 7.97. The number of aromatic nitrogens is 4. The molecule has 0 spiro atoms. The Bertz CT molecular complexity index is 2220. The Morgan fingerprint density at radius 2 is 1.00 bits per heavy atom. The number of benzene rings is 2. The lowest BCUT2D eigenvalue weighted by Gasteiger charge is -2.08. The van der Waals surface area contributed by atoms with Crippen LogP contribution in [0.5, 0.6) is 11.5 Å². The predicted molar refractivity (Wildman–Crippen MR) is 203 cm³/mol. The first-order chi connectivity index (χ1) is 25.4. The van der Waals surface area contributed by atoms with Gasteiger partial charge in [0.15, 0.2) is 0 Å². The second kappa shape index (κ2) is 15.6. The summed E-state index contributed by atoms with van der Waals surface area (Å²) < 4.78 is 21.2. The van der Waals surface area contributed by atoms with Gasteiger partial charge in [0.25, 0.3) is 0 Å². The number of hydrogen-bond donors (Lipinski definition) is 2. The van der Waals surface area contributed by atoms with Crippen LogP contribution in [0.25, 0.3) is 68.6 Å². The van der Waals surface area contributed by atoms with Crippen LogP contribution >= 0.6 is 0 Å². The van der Waals surface area contributed by atoms with Crippen LogP contribution in [0.2, 0.25) is 0 Å². The van der Waals surface area contributed by atoms with E-state index >= 15 is 0 Å². The van der Waals surface area contributed by atoms with Gasteiger partial charge in [-0.15, -0.1) is 0 Å². The van der Waals surface area contributed by atoms with E-state index in [0.717, 1.165) is 78.6 Å². The lowest BCUT2D eigenvalue weighted by Crippen LogP contribution is -2.04. The SMILES string of the molecule is COC(=O)CCCOc1ccc(-c2c3nc(cc4ccc([nH]4)c(-c4ccc(OCCCC(=O)OC)cc4)c4ccc(cc5nc2C=C5)[nH]4)C=C3)cc1. The van der Waals surface area contributed by atoms with Gasteiger partial charge in [0.1, 0.15) is 11.5 Å². The fourth-order valence-electron chi connectivity index (χ4n) is 6.13. The number of methoxy groups -OCH3 is 2. The van der Waals surface area contributed by atoms with Gasteiger partial charge in [-0.2, -0.15) is 0 Å². The standard InChI is InChI=1S/C42H38N4O6/c1-49-39(47)5-3-23-51-33-15-7-27(8-16-33)41-35-19-11-29(43-35)25-31-13-21-37(45-31)42(38-22-14-32(46-38)26-30-12-20-36(41)44-30)28-9-17-34(18-10-28)52-24-4-6-40(48)50-2/h7-22,25-26,43-44H,3-6,23-24H2,1-2H3. The Labute approximate surface area is 300 Å². The highest BCUT2D eigenvalue weighted by Crippen LogP contribution is 2.33. The van der Waals surface area contributed by atoms with E-state index in [4.69, 9.17) is 28.9 Å². The zero-order chi connectivity index (χ0) is 35.9. The highest BCUT2D eigenvalue weighted by molar-refractivity contribution is 5.94. The number of carbonyl (C=O) groups is 2. The Morgan fingerprint density at radius 1 is 0.558 bits per heavy atom. The number of carbonyl (C=O) groups excluding carboxylic acids is 2. The number of hydrogen-bond acceptors (Lipinski definition) is 8. The molecule has 2 aliphatic rings. The van der Waals surface area contributed by atoms with E-state index in [0.29, 0.717) is 38.9 Å². The highest BCUT2D eigenvalue weighted by Gasteiger charge is 2.15. The number of rotatable bonds is 12. The molecule has 0 fully saturated rings. The molecule has 0 saturated heterocycles. The van der Waals surface area contributed by atoms with Gasteiger partial charge in [-0.3, -0.25) is 9.59 Å². The molecule has 3 aromatic heterocycles. The van der Waals surface area contributed by atoms with Crippen molar-refractivity contribution in [2.24, 2.45) is 0 Å². The topological polar surface area (TPSA) is 128 Å². The molecule has 0 unspecified atom stereocenters. The molecule has 2 aliphatic heterocycles. The molecule has 5 aromatic rings. The minimum Gasteiger partial charge on any atom is -0.494 e. The molecule has 10 heteroatoms. The van der Waals surface area contributed by atoms with Gasteiger partial charge in [-0.25, -0.2) is 9.97 Å². The summed E-state index contributed by atoms with van der Waals surface area (Å²) in [5.74, 6) is 0.957. The van der Waals surface area contributed by atoms with Gasteiger partial charge in [-0.05, 0) is 109 Å². The summed E-state index contributed by atoms with van der Waals surface area (Å²) in [4.78, 5) is 40.1. The Balaban J connectivity index is 1.25. The number of nitrogens with one attached hydrogen (secondary N) is 2. The summed E-state index contributed by atoms with van der Waals surface area (Å²) in [5, 5.41) is 0. The first-order valence-electron chi connectivity index (χ1n) is 17.2. The summed E-state index contributed by atoms with van der Waals surface area (Å²) in [6, 6.07) is 28.1. The Hall–Kier alpha value is -6.42. The second-order valence-electron chi connectivity index (χ2n) is 12.3. The molecular weight excluding hydrogens is 656 g/mol. The average Bonchev–Trinajstić information content (AvgIpc) is 4.00. The van der Waals surface area contributed by atoms with Crippen molar-refractivity contribution in [1.29, 1.82) is 0 Å².